The summed E-state index contributed by atoms with van der Waals surface area (Å²) in [6, 6.07) is 13.7. The highest BCUT2D eigenvalue weighted by atomic mass is 35.5. The number of nitrogens with one attached hydrogen (secondary N) is 4. The van der Waals surface area contributed by atoms with Gasteiger partial charge < -0.3 is 20.4 Å². The molecule has 16 heteroatoms. The van der Waals surface area contributed by atoms with Crippen LogP contribution in [0.15, 0.2) is 54.6 Å². The first-order chi connectivity index (χ1) is 31.9. The molecular weight excluding hydrogens is 884 g/mol. The first-order valence-corrected chi connectivity index (χ1v) is 24.0. The topological polar surface area (TPSA) is 160 Å². The molecule has 1 aliphatic carbocycles. The predicted octanol–water partition coefficient (Wildman–Crippen LogP) is 5.41. The standard InChI is InChI=1S/C50H52Cl2FN7O6/c51-31-12-13-36-38(26-31)55-48(66)50(36)42(34-8-5-9-37(52)43(34)53)44(57-49(50)20-2-1-3-21-49)46(64)54-32-18-22-58(23-19-32)28-41(62)59-24-16-29(17-25-59)10-11-30-6-4-7-33-35(30)27-60(47(33)65)39-14-15-40(61)56-45(39)63/h4-9,12-13,26,29,32,39,42,44,57H,1-3,14-25,27-28H2,(H,54,64)(H,55,66)(H,56,61,63)/t39?,42-,44+,50+/m0/s1. The molecule has 3 aromatic rings. The summed E-state index contributed by atoms with van der Waals surface area (Å²) in [5.74, 6) is 3.69. The average molecular weight is 937 g/mol. The lowest BCUT2D eigenvalue weighted by atomic mass is 9.55. The van der Waals surface area contributed by atoms with Crippen molar-refractivity contribution in [3.63, 3.8) is 0 Å². The maximum absolute atomic E-state index is 16.3. The summed E-state index contributed by atoms with van der Waals surface area (Å²) in [5, 5.41) is 12.8. The molecule has 10 rings (SSSR count). The van der Waals surface area contributed by atoms with Crippen LogP contribution in [0, 0.1) is 23.6 Å². The zero-order valence-electron chi connectivity index (χ0n) is 36.5. The van der Waals surface area contributed by atoms with Crippen molar-refractivity contribution in [1.29, 1.82) is 0 Å². The Morgan fingerprint density at radius 3 is 2.39 bits per heavy atom. The van der Waals surface area contributed by atoms with E-state index in [1.165, 1.54) is 11.0 Å². The lowest BCUT2D eigenvalue weighted by molar-refractivity contribution is -0.137. The Bertz CT molecular complexity index is 2590. The molecule has 1 saturated carbocycles. The summed E-state index contributed by atoms with van der Waals surface area (Å²) in [4.78, 5) is 86.0. The van der Waals surface area contributed by atoms with Gasteiger partial charge in [-0.25, -0.2) is 4.39 Å². The summed E-state index contributed by atoms with van der Waals surface area (Å²) in [6.45, 7) is 2.92. The van der Waals surface area contributed by atoms with E-state index < -0.39 is 40.7 Å². The fraction of sp³-hybridized carbons (Fsp3) is 0.480. The Morgan fingerprint density at radius 1 is 0.879 bits per heavy atom. The molecule has 0 aromatic heterocycles. The van der Waals surface area contributed by atoms with Crippen molar-refractivity contribution in [2.24, 2.45) is 5.92 Å². The van der Waals surface area contributed by atoms with Crippen molar-refractivity contribution < 1.29 is 33.2 Å². The summed E-state index contributed by atoms with van der Waals surface area (Å²) in [7, 11) is 0. The van der Waals surface area contributed by atoms with Crippen LogP contribution in [0.5, 0.6) is 0 Å². The molecule has 6 heterocycles. The SMILES string of the molecule is O=C1CCC(N2Cc3c(C#CC4CCN(C(=O)CN5CCC(NC(=O)[C@@H]6NC7(CCCCC7)[C@@]7(C(=O)Nc8cc(Cl)ccc87)[C@H]6c6cccc(Cl)c6F)CC5)CC4)cccc3C2=O)C(=O)N1. The second-order valence-electron chi connectivity index (χ2n) is 19.1. The second kappa shape index (κ2) is 17.7. The number of amides is 6. The van der Waals surface area contributed by atoms with Crippen LogP contribution in [0.25, 0.3) is 0 Å². The van der Waals surface area contributed by atoms with Gasteiger partial charge in [-0.15, -0.1) is 0 Å². The van der Waals surface area contributed by atoms with E-state index in [1.807, 2.05) is 17.0 Å². The molecular formula is C50H52Cl2FN7O6. The van der Waals surface area contributed by atoms with Crippen LogP contribution >= 0.6 is 23.2 Å². The van der Waals surface area contributed by atoms with E-state index in [2.05, 4.69) is 38.0 Å². The number of hydrogen-bond donors (Lipinski definition) is 4. The smallest absolute Gasteiger partial charge is 0.255 e. The molecule has 6 aliphatic heterocycles. The Morgan fingerprint density at radius 2 is 1.64 bits per heavy atom. The van der Waals surface area contributed by atoms with Crippen LogP contribution in [0.1, 0.15) is 109 Å². The molecule has 344 valence electrons. The number of rotatable bonds is 6. The highest BCUT2D eigenvalue weighted by molar-refractivity contribution is 6.31. The van der Waals surface area contributed by atoms with E-state index in [1.54, 1.807) is 36.4 Å². The van der Waals surface area contributed by atoms with Crippen LogP contribution in [0.3, 0.4) is 0 Å². The lowest BCUT2D eigenvalue weighted by Crippen LogP contribution is -2.60. The molecule has 2 spiro atoms. The van der Waals surface area contributed by atoms with Crippen molar-refractivity contribution in [3.05, 3.63) is 98.3 Å². The normalized spacial score (nSPS) is 26.5. The van der Waals surface area contributed by atoms with Gasteiger partial charge in [-0.1, -0.05) is 78.6 Å². The van der Waals surface area contributed by atoms with Gasteiger partial charge in [-0.05, 0) is 92.0 Å². The number of anilines is 1. The number of imide groups is 1. The summed E-state index contributed by atoms with van der Waals surface area (Å²) < 4.78 is 16.3. The number of likely N-dealkylation sites (tertiary alicyclic amines) is 2. The van der Waals surface area contributed by atoms with Crippen molar-refractivity contribution in [1.82, 2.24) is 30.7 Å². The van der Waals surface area contributed by atoms with Crippen molar-refractivity contribution in [3.8, 4) is 11.8 Å². The lowest BCUT2D eigenvalue weighted by Gasteiger charge is -2.47. The number of carbonyl (C=O) groups excluding carboxylic acids is 6. The third-order valence-electron chi connectivity index (χ3n) is 15.4. The monoisotopic (exact) mass is 935 g/mol. The predicted molar refractivity (Wildman–Crippen MR) is 245 cm³/mol. The Hall–Kier alpha value is -5.33. The van der Waals surface area contributed by atoms with Gasteiger partial charge in [-0.3, -0.25) is 44.3 Å². The van der Waals surface area contributed by atoms with Gasteiger partial charge in [0.05, 0.1) is 17.6 Å². The number of benzene rings is 3. The minimum atomic E-state index is -1.31. The number of carbonyl (C=O) groups is 6. The Labute approximate surface area is 392 Å². The molecule has 3 aromatic carbocycles. The average Bonchev–Trinajstić information content (AvgIpc) is 3.91. The zero-order chi connectivity index (χ0) is 45.9. The van der Waals surface area contributed by atoms with Gasteiger partial charge in [0.25, 0.3) is 5.91 Å². The molecule has 66 heavy (non-hydrogen) atoms. The van der Waals surface area contributed by atoms with Crippen molar-refractivity contribution in [2.75, 3.05) is 38.0 Å². The summed E-state index contributed by atoms with van der Waals surface area (Å²) >= 11 is 12.8. The van der Waals surface area contributed by atoms with Crippen LogP contribution in [0.2, 0.25) is 10.0 Å². The molecule has 7 aliphatic rings. The Balaban J connectivity index is 0.763. The molecule has 5 fully saturated rings. The molecule has 4 saturated heterocycles. The van der Waals surface area contributed by atoms with E-state index in [9.17, 15) is 28.8 Å². The van der Waals surface area contributed by atoms with E-state index in [-0.39, 0.29) is 71.6 Å². The van der Waals surface area contributed by atoms with Gasteiger partial charge in [0, 0.05) is 84.4 Å². The van der Waals surface area contributed by atoms with E-state index >= 15 is 4.39 Å². The minimum absolute atomic E-state index is 0.0536. The fourth-order valence-corrected chi connectivity index (χ4v) is 12.5. The van der Waals surface area contributed by atoms with Gasteiger partial charge in [0.15, 0.2) is 0 Å². The molecule has 0 bridgehead atoms. The van der Waals surface area contributed by atoms with Crippen molar-refractivity contribution in [2.45, 2.75) is 112 Å². The summed E-state index contributed by atoms with van der Waals surface area (Å²) in [6.07, 6.45) is 7.15. The van der Waals surface area contributed by atoms with Gasteiger partial charge >= 0.3 is 0 Å². The largest absolute Gasteiger partial charge is 0.352 e. The summed E-state index contributed by atoms with van der Waals surface area (Å²) in [5.41, 5.74) is 1.43. The maximum Gasteiger partial charge on any atom is 0.255 e. The third kappa shape index (κ3) is 7.65. The third-order valence-corrected chi connectivity index (χ3v) is 16.0. The maximum atomic E-state index is 16.3. The van der Waals surface area contributed by atoms with Crippen LogP contribution in [-0.2, 0) is 35.9 Å². The van der Waals surface area contributed by atoms with Crippen LogP contribution in [-0.4, -0.2) is 107 Å². The van der Waals surface area contributed by atoms with E-state index in [0.29, 0.717) is 80.1 Å². The fourth-order valence-electron chi connectivity index (χ4n) is 12.2. The molecule has 13 nitrogen and oxygen atoms in total. The zero-order valence-corrected chi connectivity index (χ0v) is 38.0. The van der Waals surface area contributed by atoms with Gasteiger partial charge in [0.2, 0.25) is 29.5 Å². The molecule has 4 N–H and O–H groups in total. The number of hydrogen-bond acceptors (Lipinski definition) is 8. The number of halogens is 3. The highest BCUT2D eigenvalue weighted by Gasteiger charge is 2.72. The van der Waals surface area contributed by atoms with Crippen LogP contribution < -0.4 is 21.3 Å². The number of nitrogens with zero attached hydrogens (tertiary/aromatic N) is 3. The quantitative estimate of drug-likeness (QED) is 0.189. The Kier molecular flexibility index (Phi) is 11.9. The second-order valence-corrected chi connectivity index (χ2v) is 19.9. The highest BCUT2D eigenvalue weighted by Crippen LogP contribution is 2.63. The first kappa shape index (κ1) is 44.5. The minimum Gasteiger partial charge on any atom is -0.352 e. The van der Waals surface area contributed by atoms with Crippen molar-refractivity contribution >= 4 is 64.3 Å². The molecule has 4 atom stereocenters. The first-order valence-electron chi connectivity index (χ1n) is 23.3. The number of piperidine rings is 3. The van der Waals surface area contributed by atoms with E-state index in [4.69, 9.17) is 23.2 Å². The van der Waals surface area contributed by atoms with E-state index in [0.717, 1.165) is 43.2 Å². The number of fused-ring (bicyclic) bond motifs is 4. The van der Waals surface area contributed by atoms with Gasteiger partial charge in [-0.2, -0.15) is 0 Å². The van der Waals surface area contributed by atoms with Gasteiger partial charge in [0.1, 0.15) is 17.3 Å². The molecule has 0 radical (unpaired) electrons. The van der Waals surface area contributed by atoms with Crippen LogP contribution in [0.4, 0.5) is 10.1 Å². The molecule has 6 amide bonds. The molecule has 1 unspecified atom stereocenters.